The Morgan fingerprint density at radius 2 is 0.617 bits per heavy atom. The summed E-state index contributed by atoms with van der Waals surface area (Å²) in [6.45, 7) is 6.60. The van der Waals surface area contributed by atoms with Crippen molar-refractivity contribution in [3.05, 3.63) is 36.5 Å². The van der Waals surface area contributed by atoms with Crippen molar-refractivity contribution in [1.29, 1.82) is 0 Å². The van der Waals surface area contributed by atoms with E-state index in [0.717, 1.165) is 57.8 Å². The number of ether oxygens (including phenoxy) is 3. The second kappa shape index (κ2) is 49.3. The van der Waals surface area contributed by atoms with Gasteiger partial charge in [0.15, 0.2) is 6.10 Å². The van der Waals surface area contributed by atoms with E-state index in [2.05, 4.69) is 57.2 Å². The van der Waals surface area contributed by atoms with Crippen LogP contribution in [0.5, 0.6) is 0 Å². The highest BCUT2D eigenvalue weighted by Gasteiger charge is 2.19. The van der Waals surface area contributed by atoms with E-state index in [-0.39, 0.29) is 31.1 Å². The molecule has 0 aliphatic heterocycles. The maximum Gasteiger partial charge on any atom is 0.306 e. The topological polar surface area (TPSA) is 78.9 Å². The van der Waals surface area contributed by atoms with Gasteiger partial charge in [0, 0.05) is 19.3 Å². The first-order valence-corrected chi connectivity index (χ1v) is 26.0. The number of rotatable bonds is 47. The van der Waals surface area contributed by atoms with Crippen LogP contribution < -0.4 is 0 Å². The molecule has 0 aromatic heterocycles. The van der Waals surface area contributed by atoms with Crippen molar-refractivity contribution in [2.45, 2.75) is 277 Å². The van der Waals surface area contributed by atoms with Gasteiger partial charge in [0.05, 0.1) is 0 Å². The third-order valence-corrected chi connectivity index (χ3v) is 11.4. The van der Waals surface area contributed by atoms with Crippen LogP contribution in [0.4, 0.5) is 0 Å². The highest BCUT2D eigenvalue weighted by atomic mass is 16.6. The molecule has 1 unspecified atom stereocenters. The monoisotopic (exact) mass is 843 g/mol. The molecular formula is C54H98O6. The number of allylic oxidation sites excluding steroid dienone is 6. The lowest BCUT2D eigenvalue weighted by Crippen LogP contribution is -2.30. The van der Waals surface area contributed by atoms with E-state index in [0.29, 0.717) is 25.7 Å². The molecule has 60 heavy (non-hydrogen) atoms. The fourth-order valence-electron chi connectivity index (χ4n) is 7.46. The highest BCUT2D eigenvalue weighted by molar-refractivity contribution is 5.71. The largest absolute Gasteiger partial charge is 0.462 e. The van der Waals surface area contributed by atoms with Gasteiger partial charge in [-0.25, -0.2) is 0 Å². The third kappa shape index (κ3) is 46.7. The molecule has 0 aromatic rings. The minimum Gasteiger partial charge on any atom is -0.462 e. The van der Waals surface area contributed by atoms with Gasteiger partial charge in [-0.05, 0) is 51.4 Å². The van der Waals surface area contributed by atoms with E-state index in [4.69, 9.17) is 14.2 Å². The summed E-state index contributed by atoms with van der Waals surface area (Å²) < 4.78 is 16.7. The molecule has 0 rings (SSSR count). The summed E-state index contributed by atoms with van der Waals surface area (Å²) in [5.41, 5.74) is 0. The number of carbonyl (C=O) groups is 3. The van der Waals surface area contributed by atoms with Crippen molar-refractivity contribution < 1.29 is 28.6 Å². The lowest BCUT2D eigenvalue weighted by molar-refractivity contribution is -0.167. The predicted molar refractivity (Wildman–Crippen MR) is 256 cm³/mol. The molecular weight excluding hydrogens is 745 g/mol. The van der Waals surface area contributed by atoms with Crippen LogP contribution in [0.15, 0.2) is 36.5 Å². The molecule has 0 heterocycles. The average Bonchev–Trinajstić information content (AvgIpc) is 3.24. The second-order valence-corrected chi connectivity index (χ2v) is 17.4. The first-order valence-electron chi connectivity index (χ1n) is 26.0. The first-order chi connectivity index (χ1) is 29.5. The molecule has 0 bridgehead atoms. The maximum absolute atomic E-state index is 12.8. The van der Waals surface area contributed by atoms with Gasteiger partial charge in [0.2, 0.25) is 0 Å². The molecule has 0 N–H and O–H groups in total. The standard InChI is InChI=1S/C54H98O6/c1-4-7-10-13-16-19-22-24-26-27-29-30-32-35-38-41-44-47-53(56)59-50-51(49-58-52(55)46-43-40-37-34-21-18-15-12-9-6-3)60-54(57)48-45-42-39-36-33-31-28-25-23-20-17-14-11-8-5-2/h24,26,29-30,35,38,51H,4-23,25,27-28,31-34,36-37,39-50H2,1-3H3/b26-24-,30-29-,38-35-. The van der Waals surface area contributed by atoms with Gasteiger partial charge in [-0.1, -0.05) is 237 Å². The molecule has 6 nitrogen and oxygen atoms in total. The van der Waals surface area contributed by atoms with E-state index in [1.54, 1.807) is 0 Å². The van der Waals surface area contributed by atoms with Crippen molar-refractivity contribution in [3.8, 4) is 0 Å². The average molecular weight is 843 g/mol. The molecule has 0 aliphatic carbocycles. The molecule has 0 saturated heterocycles. The van der Waals surface area contributed by atoms with Gasteiger partial charge < -0.3 is 14.2 Å². The first kappa shape index (κ1) is 57.6. The summed E-state index contributed by atoms with van der Waals surface area (Å²) in [6, 6.07) is 0. The predicted octanol–water partition coefficient (Wildman–Crippen LogP) is 16.9. The van der Waals surface area contributed by atoms with Crippen LogP contribution >= 0.6 is 0 Å². The molecule has 0 spiro atoms. The van der Waals surface area contributed by atoms with Crippen LogP contribution in [0.25, 0.3) is 0 Å². The van der Waals surface area contributed by atoms with Crippen molar-refractivity contribution in [2.75, 3.05) is 13.2 Å². The highest BCUT2D eigenvalue weighted by Crippen LogP contribution is 2.16. The maximum atomic E-state index is 12.8. The molecule has 350 valence electrons. The van der Waals surface area contributed by atoms with Crippen LogP contribution in [0.1, 0.15) is 271 Å². The summed E-state index contributed by atoms with van der Waals surface area (Å²) in [6.07, 6.45) is 57.1. The molecule has 0 fully saturated rings. The molecule has 1 atom stereocenters. The van der Waals surface area contributed by atoms with E-state index in [1.165, 1.54) is 167 Å². The Morgan fingerprint density at radius 1 is 0.333 bits per heavy atom. The van der Waals surface area contributed by atoms with Crippen molar-refractivity contribution >= 4 is 17.9 Å². The van der Waals surface area contributed by atoms with E-state index in [1.807, 2.05) is 0 Å². The van der Waals surface area contributed by atoms with Gasteiger partial charge >= 0.3 is 17.9 Å². The van der Waals surface area contributed by atoms with Crippen LogP contribution in [-0.2, 0) is 28.6 Å². The smallest absolute Gasteiger partial charge is 0.306 e. The molecule has 0 aromatic carbocycles. The Balaban J connectivity index is 4.39. The van der Waals surface area contributed by atoms with Crippen LogP contribution in [0.3, 0.4) is 0 Å². The number of esters is 3. The molecule has 0 saturated carbocycles. The van der Waals surface area contributed by atoms with Crippen molar-refractivity contribution in [2.24, 2.45) is 0 Å². The Kier molecular flexibility index (Phi) is 47.3. The molecule has 0 radical (unpaired) electrons. The van der Waals surface area contributed by atoms with Crippen LogP contribution in [0.2, 0.25) is 0 Å². The Morgan fingerprint density at radius 3 is 1.00 bits per heavy atom. The van der Waals surface area contributed by atoms with Gasteiger partial charge in [0.1, 0.15) is 13.2 Å². The Labute approximate surface area is 372 Å². The summed E-state index contributed by atoms with van der Waals surface area (Å²) >= 11 is 0. The molecule has 0 aliphatic rings. The zero-order valence-electron chi connectivity index (χ0n) is 40.0. The van der Waals surface area contributed by atoms with Crippen LogP contribution in [-0.4, -0.2) is 37.2 Å². The quantitative estimate of drug-likeness (QED) is 0.0263. The van der Waals surface area contributed by atoms with E-state index >= 15 is 0 Å². The molecule has 0 amide bonds. The number of unbranched alkanes of at least 4 members (excludes halogenated alkanes) is 30. The fourth-order valence-corrected chi connectivity index (χ4v) is 7.46. The number of hydrogen-bond acceptors (Lipinski definition) is 6. The normalized spacial score (nSPS) is 12.2. The van der Waals surface area contributed by atoms with E-state index in [9.17, 15) is 14.4 Å². The van der Waals surface area contributed by atoms with Crippen molar-refractivity contribution in [3.63, 3.8) is 0 Å². The summed E-state index contributed by atoms with van der Waals surface area (Å²) in [5, 5.41) is 0. The minimum atomic E-state index is -0.786. The number of hydrogen-bond donors (Lipinski definition) is 0. The SMILES string of the molecule is CCCCCCCC/C=C\C/C=C\C/C=C\CCCC(=O)OCC(COC(=O)CCCCCCCCCCCC)OC(=O)CCCCCCCCCCCCCCCCC. The van der Waals surface area contributed by atoms with E-state index < -0.39 is 6.10 Å². The Bertz CT molecular complexity index is 1020. The van der Waals surface area contributed by atoms with Gasteiger partial charge in [-0.15, -0.1) is 0 Å². The minimum absolute atomic E-state index is 0.0837. The zero-order valence-corrected chi connectivity index (χ0v) is 40.0. The second-order valence-electron chi connectivity index (χ2n) is 17.4. The summed E-state index contributed by atoms with van der Waals surface area (Å²) in [7, 11) is 0. The lowest BCUT2D eigenvalue weighted by Gasteiger charge is -2.18. The zero-order chi connectivity index (χ0) is 43.7. The van der Waals surface area contributed by atoms with Crippen molar-refractivity contribution in [1.82, 2.24) is 0 Å². The number of carbonyl (C=O) groups excluding carboxylic acids is 3. The molecule has 6 heteroatoms. The third-order valence-electron chi connectivity index (χ3n) is 11.4. The van der Waals surface area contributed by atoms with Gasteiger partial charge in [-0.3, -0.25) is 14.4 Å². The van der Waals surface area contributed by atoms with Gasteiger partial charge in [-0.2, -0.15) is 0 Å². The lowest BCUT2D eigenvalue weighted by atomic mass is 10.0. The summed E-state index contributed by atoms with van der Waals surface area (Å²) in [4.78, 5) is 37.9. The Hall–Kier alpha value is -2.37. The van der Waals surface area contributed by atoms with Crippen LogP contribution in [0, 0.1) is 0 Å². The van der Waals surface area contributed by atoms with Gasteiger partial charge in [0.25, 0.3) is 0 Å². The fraction of sp³-hybridized carbons (Fsp3) is 0.833. The summed E-state index contributed by atoms with van der Waals surface area (Å²) in [5.74, 6) is -0.929.